The predicted molar refractivity (Wildman–Crippen MR) is 40.1 cm³/mol. The molecule has 0 N–H and O–H groups in total. The van der Waals surface area contributed by atoms with Crippen molar-refractivity contribution in [2.24, 2.45) is 11.8 Å². The topological polar surface area (TPSA) is 0 Å². The quantitative estimate of drug-likeness (QED) is 0.484. The van der Waals surface area contributed by atoms with Gasteiger partial charge in [-0.3, -0.25) is 0 Å². The molecule has 2 fully saturated rings. The zero-order chi connectivity index (χ0) is 6.43. The third-order valence-electron chi connectivity index (χ3n) is 2.72. The van der Waals surface area contributed by atoms with Crippen LogP contribution in [0.25, 0.3) is 0 Å². The molecule has 0 aromatic carbocycles. The average Bonchev–Trinajstić information content (AvgIpc) is 2.25. The molecule has 2 bridgehead atoms. The van der Waals surface area contributed by atoms with Crippen LogP contribution in [-0.4, -0.2) is 10.8 Å². The molecule has 0 heterocycles. The van der Waals surface area contributed by atoms with Crippen molar-refractivity contribution in [1.82, 2.24) is 0 Å². The maximum atomic E-state index is 6.09. The van der Waals surface area contributed by atoms with Gasteiger partial charge in [-0.05, 0) is 31.1 Å². The Labute approximate surface area is 65.5 Å². The van der Waals surface area contributed by atoms with Crippen LogP contribution in [0.15, 0.2) is 0 Å². The molecule has 2 aliphatic rings. The summed E-state index contributed by atoms with van der Waals surface area (Å²) in [5, 5.41) is 0.804. The number of rotatable bonds is 0. The molecular formula is C7H10Cl2. The Kier molecular flexibility index (Phi) is 1.42. The van der Waals surface area contributed by atoms with Crippen molar-refractivity contribution in [3.8, 4) is 0 Å². The van der Waals surface area contributed by atoms with E-state index in [-0.39, 0.29) is 0 Å². The van der Waals surface area contributed by atoms with E-state index in [0.717, 1.165) is 5.92 Å². The van der Waals surface area contributed by atoms with Crippen molar-refractivity contribution >= 4 is 23.2 Å². The van der Waals surface area contributed by atoms with Crippen LogP contribution in [0.4, 0.5) is 0 Å². The van der Waals surface area contributed by atoms with E-state index in [1.54, 1.807) is 0 Å². The second-order valence-electron chi connectivity index (χ2n) is 3.20. The van der Waals surface area contributed by atoms with Gasteiger partial charge in [0.15, 0.2) is 0 Å². The van der Waals surface area contributed by atoms with Gasteiger partial charge < -0.3 is 0 Å². The summed E-state index contributed by atoms with van der Waals surface area (Å²) in [6.07, 6.45) is 3.76. The zero-order valence-corrected chi connectivity index (χ0v) is 6.70. The van der Waals surface area contributed by atoms with E-state index in [4.69, 9.17) is 23.2 Å². The second kappa shape index (κ2) is 2.03. The van der Waals surface area contributed by atoms with Gasteiger partial charge in [-0.15, -0.1) is 23.2 Å². The molecule has 2 rings (SSSR count). The summed E-state index contributed by atoms with van der Waals surface area (Å²) < 4.78 is 0. The minimum Gasteiger partial charge on any atom is -0.123 e. The summed E-state index contributed by atoms with van der Waals surface area (Å²) >= 11 is 12.1. The molecule has 0 amide bonds. The monoisotopic (exact) mass is 164 g/mol. The van der Waals surface area contributed by atoms with Gasteiger partial charge in [0.05, 0.1) is 0 Å². The summed E-state index contributed by atoms with van der Waals surface area (Å²) in [4.78, 5) is 0. The molecular weight excluding hydrogens is 155 g/mol. The van der Waals surface area contributed by atoms with Crippen molar-refractivity contribution in [3.63, 3.8) is 0 Å². The van der Waals surface area contributed by atoms with Crippen LogP contribution in [0, 0.1) is 11.8 Å². The third-order valence-corrected chi connectivity index (χ3v) is 3.90. The standard InChI is InChI=1S/C7H10Cl2/c8-6-3-4-1-2-5(6)7(4)9/h4-7H,1-3H2/t4-,5+,6-,7+/m0/s1. The Bertz CT molecular complexity index is 124. The fraction of sp³-hybridized carbons (Fsp3) is 1.00. The highest BCUT2D eigenvalue weighted by molar-refractivity contribution is 6.25. The Morgan fingerprint density at radius 1 is 1.11 bits per heavy atom. The van der Waals surface area contributed by atoms with Crippen molar-refractivity contribution in [1.29, 1.82) is 0 Å². The van der Waals surface area contributed by atoms with Gasteiger partial charge in [0.2, 0.25) is 0 Å². The molecule has 0 aromatic rings. The first-order valence-corrected chi connectivity index (χ1v) is 4.44. The van der Waals surface area contributed by atoms with E-state index >= 15 is 0 Å². The first-order chi connectivity index (χ1) is 4.29. The van der Waals surface area contributed by atoms with E-state index in [9.17, 15) is 0 Å². The summed E-state index contributed by atoms with van der Waals surface area (Å²) in [6.45, 7) is 0. The van der Waals surface area contributed by atoms with Gasteiger partial charge in [-0.25, -0.2) is 0 Å². The lowest BCUT2D eigenvalue weighted by atomic mass is 10.0. The van der Waals surface area contributed by atoms with Gasteiger partial charge >= 0.3 is 0 Å². The number of hydrogen-bond donors (Lipinski definition) is 0. The van der Waals surface area contributed by atoms with Crippen LogP contribution < -0.4 is 0 Å². The van der Waals surface area contributed by atoms with Gasteiger partial charge in [0.25, 0.3) is 0 Å². The summed E-state index contributed by atoms with van der Waals surface area (Å²) in [5.41, 5.74) is 0. The van der Waals surface area contributed by atoms with Crippen LogP contribution in [-0.2, 0) is 0 Å². The van der Waals surface area contributed by atoms with Crippen LogP contribution in [0.3, 0.4) is 0 Å². The SMILES string of the molecule is Cl[C@@H]1[C@H]2CC[C@@H]1[C@@H](Cl)C2. The molecule has 0 saturated heterocycles. The molecule has 0 unspecified atom stereocenters. The van der Waals surface area contributed by atoms with Crippen molar-refractivity contribution in [2.45, 2.75) is 30.0 Å². The molecule has 4 atom stereocenters. The van der Waals surface area contributed by atoms with Crippen molar-refractivity contribution in [2.75, 3.05) is 0 Å². The first-order valence-electron chi connectivity index (χ1n) is 3.57. The van der Waals surface area contributed by atoms with E-state index in [1.807, 2.05) is 0 Å². The minimum absolute atomic E-state index is 0.395. The molecule has 2 heteroatoms. The Balaban J connectivity index is 2.16. The molecule has 2 aliphatic carbocycles. The van der Waals surface area contributed by atoms with Gasteiger partial charge in [0, 0.05) is 10.8 Å². The van der Waals surface area contributed by atoms with E-state index in [0.29, 0.717) is 16.7 Å². The number of halogens is 2. The van der Waals surface area contributed by atoms with Crippen LogP contribution in [0.1, 0.15) is 19.3 Å². The lowest BCUT2D eigenvalue weighted by Crippen LogP contribution is -2.11. The third kappa shape index (κ3) is 0.798. The fourth-order valence-corrected chi connectivity index (χ4v) is 3.28. The number of hydrogen-bond acceptors (Lipinski definition) is 0. The number of alkyl halides is 2. The minimum atomic E-state index is 0.395. The first kappa shape index (κ1) is 6.30. The normalized spacial score (nSPS) is 56.7. The fourth-order valence-electron chi connectivity index (χ4n) is 2.17. The van der Waals surface area contributed by atoms with Crippen molar-refractivity contribution < 1.29 is 0 Å². The average molecular weight is 165 g/mol. The molecule has 9 heavy (non-hydrogen) atoms. The van der Waals surface area contributed by atoms with E-state index in [2.05, 4.69) is 0 Å². The van der Waals surface area contributed by atoms with Crippen LogP contribution in [0.5, 0.6) is 0 Å². The predicted octanol–water partition coefficient (Wildman–Crippen LogP) is 2.63. The highest BCUT2D eigenvalue weighted by Gasteiger charge is 2.46. The van der Waals surface area contributed by atoms with E-state index in [1.165, 1.54) is 19.3 Å². The molecule has 52 valence electrons. The lowest BCUT2D eigenvalue weighted by molar-refractivity contribution is 0.487. The Morgan fingerprint density at radius 3 is 2.11 bits per heavy atom. The molecule has 2 saturated carbocycles. The molecule has 0 aromatic heterocycles. The maximum Gasteiger partial charge on any atom is 0.0407 e. The van der Waals surface area contributed by atoms with E-state index < -0.39 is 0 Å². The lowest BCUT2D eigenvalue weighted by Gasteiger charge is -2.13. The molecule has 0 aliphatic heterocycles. The zero-order valence-electron chi connectivity index (χ0n) is 5.19. The summed E-state index contributed by atoms with van der Waals surface area (Å²) in [6, 6.07) is 0. The smallest absolute Gasteiger partial charge is 0.0407 e. The second-order valence-corrected chi connectivity index (χ2v) is 4.26. The number of fused-ring (bicyclic) bond motifs is 2. The summed E-state index contributed by atoms with van der Waals surface area (Å²) in [5.74, 6) is 1.39. The summed E-state index contributed by atoms with van der Waals surface area (Å²) in [7, 11) is 0. The van der Waals surface area contributed by atoms with Gasteiger partial charge in [-0.1, -0.05) is 0 Å². The molecule has 0 spiro atoms. The Hall–Kier alpha value is 0.580. The van der Waals surface area contributed by atoms with Gasteiger partial charge in [0.1, 0.15) is 0 Å². The van der Waals surface area contributed by atoms with Crippen LogP contribution >= 0.6 is 23.2 Å². The highest BCUT2D eigenvalue weighted by Crippen LogP contribution is 2.49. The van der Waals surface area contributed by atoms with Crippen LogP contribution in [0.2, 0.25) is 0 Å². The Morgan fingerprint density at radius 2 is 1.89 bits per heavy atom. The van der Waals surface area contributed by atoms with Crippen molar-refractivity contribution in [3.05, 3.63) is 0 Å². The van der Waals surface area contributed by atoms with Gasteiger partial charge in [-0.2, -0.15) is 0 Å². The highest BCUT2D eigenvalue weighted by atomic mass is 35.5. The molecule has 0 nitrogen and oxygen atoms in total. The largest absolute Gasteiger partial charge is 0.123 e. The molecule has 0 radical (unpaired) electrons. The maximum absolute atomic E-state index is 6.09.